The molecule has 1 aliphatic heterocycles. The monoisotopic (exact) mass is 282 g/mol. The van der Waals surface area contributed by atoms with Crippen LogP contribution in [0.2, 0.25) is 0 Å². The summed E-state index contributed by atoms with van der Waals surface area (Å²) in [6.07, 6.45) is 2.81. The first-order valence-corrected chi connectivity index (χ1v) is 7.92. The van der Waals surface area contributed by atoms with Crippen LogP contribution in [0.15, 0.2) is 0 Å². The van der Waals surface area contributed by atoms with Crippen molar-refractivity contribution < 1.29 is 4.79 Å². The molecule has 1 aliphatic carbocycles. The standard InChI is InChI=1S/C15H30N4O/c1-12(2)11-18-6-8-19(9-7-18)13-4-5-15(10-13,17-3)14(16)20/h12-13,17H,4-11H2,1-3H3,(H2,16,20). The molecule has 2 rings (SSSR count). The molecule has 1 heterocycles. The number of nitrogens with zero attached hydrogens (tertiary/aromatic N) is 2. The lowest BCUT2D eigenvalue weighted by Gasteiger charge is -2.39. The topological polar surface area (TPSA) is 61.6 Å². The highest BCUT2D eigenvalue weighted by Gasteiger charge is 2.44. The van der Waals surface area contributed by atoms with E-state index in [2.05, 4.69) is 29.0 Å². The summed E-state index contributed by atoms with van der Waals surface area (Å²) in [5.74, 6) is 0.542. The van der Waals surface area contributed by atoms with Gasteiger partial charge in [0.25, 0.3) is 0 Å². The van der Waals surface area contributed by atoms with Gasteiger partial charge < -0.3 is 16.0 Å². The van der Waals surface area contributed by atoms with E-state index >= 15 is 0 Å². The van der Waals surface area contributed by atoms with Crippen LogP contribution in [0.25, 0.3) is 0 Å². The van der Waals surface area contributed by atoms with E-state index in [-0.39, 0.29) is 5.91 Å². The number of rotatable bonds is 5. The second-order valence-corrected chi connectivity index (χ2v) is 6.82. The summed E-state index contributed by atoms with van der Waals surface area (Å²) in [7, 11) is 1.85. The molecule has 0 radical (unpaired) electrons. The first-order chi connectivity index (χ1) is 9.47. The van der Waals surface area contributed by atoms with Crippen LogP contribution in [-0.4, -0.2) is 67.1 Å². The van der Waals surface area contributed by atoms with Crippen molar-refractivity contribution in [2.45, 2.75) is 44.7 Å². The SMILES string of the molecule is CNC1(C(N)=O)CCC(N2CCN(CC(C)C)CC2)C1. The van der Waals surface area contributed by atoms with Crippen molar-refractivity contribution >= 4 is 5.91 Å². The van der Waals surface area contributed by atoms with Crippen molar-refractivity contribution in [1.82, 2.24) is 15.1 Å². The summed E-state index contributed by atoms with van der Waals surface area (Å²) < 4.78 is 0. The molecule has 3 N–H and O–H groups in total. The van der Waals surface area contributed by atoms with Gasteiger partial charge in [0.15, 0.2) is 0 Å². The second-order valence-electron chi connectivity index (χ2n) is 6.82. The van der Waals surface area contributed by atoms with E-state index in [1.54, 1.807) is 0 Å². The predicted octanol–water partition coefficient (Wildman–Crippen LogP) is 0.256. The zero-order valence-corrected chi connectivity index (χ0v) is 13.2. The molecule has 2 atom stereocenters. The highest BCUT2D eigenvalue weighted by molar-refractivity contribution is 5.85. The van der Waals surface area contributed by atoms with Crippen LogP contribution in [0.3, 0.4) is 0 Å². The summed E-state index contributed by atoms with van der Waals surface area (Å²) in [6.45, 7) is 10.3. The molecular weight excluding hydrogens is 252 g/mol. The molecule has 2 unspecified atom stereocenters. The minimum Gasteiger partial charge on any atom is -0.368 e. The molecule has 20 heavy (non-hydrogen) atoms. The molecule has 0 aromatic rings. The average Bonchev–Trinajstić information content (AvgIpc) is 2.85. The van der Waals surface area contributed by atoms with Gasteiger partial charge in [0, 0.05) is 38.8 Å². The average molecular weight is 282 g/mol. The Hall–Kier alpha value is -0.650. The first kappa shape index (κ1) is 15.7. The summed E-state index contributed by atoms with van der Waals surface area (Å²) >= 11 is 0. The number of primary amides is 1. The Kier molecular flexibility index (Phi) is 5.04. The molecule has 0 spiro atoms. The van der Waals surface area contributed by atoms with E-state index in [0.717, 1.165) is 51.4 Å². The molecule has 1 amide bonds. The van der Waals surface area contributed by atoms with Crippen LogP contribution in [-0.2, 0) is 4.79 Å². The van der Waals surface area contributed by atoms with Gasteiger partial charge in [-0.3, -0.25) is 9.69 Å². The Bertz CT molecular complexity index is 339. The maximum atomic E-state index is 11.7. The van der Waals surface area contributed by atoms with Crippen LogP contribution in [0.5, 0.6) is 0 Å². The molecule has 0 bridgehead atoms. The summed E-state index contributed by atoms with van der Waals surface area (Å²) in [5.41, 5.74) is 5.11. The molecule has 5 nitrogen and oxygen atoms in total. The quantitative estimate of drug-likeness (QED) is 0.759. The fraction of sp³-hybridized carbons (Fsp3) is 0.933. The lowest BCUT2D eigenvalue weighted by molar-refractivity contribution is -0.124. The summed E-state index contributed by atoms with van der Waals surface area (Å²) in [6, 6.07) is 0.510. The van der Waals surface area contributed by atoms with E-state index in [0.29, 0.717) is 6.04 Å². The number of hydrogen-bond donors (Lipinski definition) is 2. The molecule has 1 saturated carbocycles. The van der Waals surface area contributed by atoms with E-state index in [9.17, 15) is 4.79 Å². The third-order valence-electron chi connectivity index (χ3n) is 4.99. The number of carbonyl (C=O) groups excluding carboxylic acids is 1. The minimum atomic E-state index is -0.472. The van der Waals surface area contributed by atoms with Crippen molar-refractivity contribution in [2.24, 2.45) is 11.7 Å². The summed E-state index contributed by atoms with van der Waals surface area (Å²) in [5, 5.41) is 3.17. The van der Waals surface area contributed by atoms with Crippen molar-refractivity contribution in [1.29, 1.82) is 0 Å². The number of likely N-dealkylation sites (N-methyl/N-ethyl adjacent to an activating group) is 1. The fourth-order valence-corrected chi connectivity index (χ4v) is 3.73. The number of piperazine rings is 1. The zero-order valence-electron chi connectivity index (χ0n) is 13.2. The maximum absolute atomic E-state index is 11.7. The number of nitrogens with two attached hydrogens (primary N) is 1. The van der Waals surface area contributed by atoms with Crippen LogP contribution < -0.4 is 11.1 Å². The van der Waals surface area contributed by atoms with Gasteiger partial charge in [0.1, 0.15) is 0 Å². The van der Waals surface area contributed by atoms with Crippen LogP contribution in [0.1, 0.15) is 33.1 Å². The fourth-order valence-electron chi connectivity index (χ4n) is 3.73. The zero-order chi connectivity index (χ0) is 14.8. The van der Waals surface area contributed by atoms with Gasteiger partial charge in [-0.15, -0.1) is 0 Å². The van der Waals surface area contributed by atoms with E-state index < -0.39 is 5.54 Å². The lowest BCUT2D eigenvalue weighted by Crippen LogP contribution is -2.54. The predicted molar refractivity (Wildman–Crippen MR) is 81.5 cm³/mol. The molecule has 5 heteroatoms. The molecule has 0 aromatic carbocycles. The van der Waals surface area contributed by atoms with Crippen LogP contribution in [0.4, 0.5) is 0 Å². The first-order valence-electron chi connectivity index (χ1n) is 7.92. The Morgan fingerprint density at radius 2 is 2.00 bits per heavy atom. The number of hydrogen-bond acceptors (Lipinski definition) is 4. The van der Waals surface area contributed by atoms with Gasteiger partial charge in [-0.25, -0.2) is 0 Å². The van der Waals surface area contributed by atoms with Gasteiger partial charge >= 0.3 is 0 Å². The van der Waals surface area contributed by atoms with Crippen molar-refractivity contribution in [3.63, 3.8) is 0 Å². The third-order valence-corrected chi connectivity index (χ3v) is 4.99. The highest BCUT2D eigenvalue weighted by Crippen LogP contribution is 2.33. The van der Waals surface area contributed by atoms with Crippen LogP contribution in [0, 0.1) is 5.92 Å². The largest absolute Gasteiger partial charge is 0.368 e. The van der Waals surface area contributed by atoms with Gasteiger partial charge in [-0.05, 0) is 32.2 Å². The smallest absolute Gasteiger partial charge is 0.237 e. The van der Waals surface area contributed by atoms with Crippen molar-refractivity contribution in [3.8, 4) is 0 Å². The normalized spacial score (nSPS) is 32.9. The van der Waals surface area contributed by atoms with E-state index in [1.165, 1.54) is 6.54 Å². The molecule has 1 saturated heterocycles. The Balaban J connectivity index is 1.85. The second kappa shape index (κ2) is 6.41. The molecule has 2 fully saturated rings. The van der Waals surface area contributed by atoms with Gasteiger partial charge in [0.05, 0.1) is 5.54 Å². The molecule has 0 aromatic heterocycles. The van der Waals surface area contributed by atoms with Crippen LogP contribution >= 0.6 is 0 Å². The van der Waals surface area contributed by atoms with Gasteiger partial charge in [0.2, 0.25) is 5.91 Å². The minimum absolute atomic E-state index is 0.194. The van der Waals surface area contributed by atoms with Crippen molar-refractivity contribution in [2.75, 3.05) is 39.8 Å². The van der Waals surface area contributed by atoms with Gasteiger partial charge in [-0.2, -0.15) is 0 Å². The maximum Gasteiger partial charge on any atom is 0.237 e. The molecule has 2 aliphatic rings. The molecule has 116 valence electrons. The summed E-state index contributed by atoms with van der Waals surface area (Å²) in [4.78, 5) is 16.8. The Morgan fingerprint density at radius 1 is 1.35 bits per heavy atom. The third kappa shape index (κ3) is 3.32. The Labute approximate surface area is 122 Å². The number of nitrogens with one attached hydrogen (secondary N) is 1. The van der Waals surface area contributed by atoms with E-state index in [4.69, 9.17) is 5.73 Å². The highest BCUT2D eigenvalue weighted by atomic mass is 16.1. The van der Waals surface area contributed by atoms with E-state index in [1.807, 2.05) is 7.05 Å². The number of amides is 1. The van der Waals surface area contributed by atoms with Crippen molar-refractivity contribution in [3.05, 3.63) is 0 Å². The molecular formula is C15H30N4O. The lowest BCUT2D eigenvalue weighted by atomic mass is 9.96. The number of carbonyl (C=O) groups is 1. The Morgan fingerprint density at radius 3 is 2.45 bits per heavy atom. The van der Waals surface area contributed by atoms with Gasteiger partial charge in [-0.1, -0.05) is 13.8 Å².